The molecular weight excluding hydrogens is 262 g/mol. The van der Waals surface area contributed by atoms with E-state index in [1.165, 1.54) is 25.8 Å². The zero-order valence-electron chi connectivity index (χ0n) is 12.4. The molecule has 2 aliphatic carbocycles. The first-order valence-corrected chi connectivity index (χ1v) is 8.24. The maximum atomic E-state index is 12.1. The summed E-state index contributed by atoms with van der Waals surface area (Å²) >= 11 is 0. The molecule has 3 heteroatoms. The van der Waals surface area contributed by atoms with Crippen molar-refractivity contribution in [3.63, 3.8) is 0 Å². The average Bonchev–Trinajstić information content (AvgIpc) is 2.97. The van der Waals surface area contributed by atoms with Gasteiger partial charge in [0.15, 0.2) is 0 Å². The fourth-order valence-electron chi connectivity index (χ4n) is 3.98. The van der Waals surface area contributed by atoms with Crippen molar-refractivity contribution in [2.75, 3.05) is 19.6 Å². The van der Waals surface area contributed by atoms with Gasteiger partial charge >= 0.3 is 5.97 Å². The van der Waals surface area contributed by atoms with E-state index in [0.717, 1.165) is 24.6 Å². The average molecular weight is 285 g/mol. The molecule has 1 aromatic rings. The summed E-state index contributed by atoms with van der Waals surface area (Å²) in [6, 6.07) is 9.94. The molecule has 0 spiro atoms. The molecule has 3 nitrogen and oxygen atoms in total. The molecule has 0 radical (unpaired) electrons. The maximum Gasteiger partial charge on any atom is 0.309 e. The van der Waals surface area contributed by atoms with Crippen LogP contribution >= 0.6 is 0 Å². The molecule has 3 aliphatic rings. The third-order valence-corrected chi connectivity index (χ3v) is 5.51. The number of esters is 1. The molecule has 0 N–H and O–H groups in total. The van der Waals surface area contributed by atoms with Crippen molar-refractivity contribution in [3.05, 3.63) is 35.9 Å². The highest BCUT2D eigenvalue weighted by Crippen LogP contribution is 2.52. The minimum atomic E-state index is 0.0251. The Balaban J connectivity index is 1.22. The van der Waals surface area contributed by atoms with Crippen LogP contribution in [0.2, 0.25) is 0 Å². The Bertz CT molecular complexity index is 499. The van der Waals surface area contributed by atoms with Gasteiger partial charge in [-0.15, -0.1) is 0 Å². The molecule has 0 amide bonds. The molecule has 2 atom stereocenters. The van der Waals surface area contributed by atoms with Gasteiger partial charge in [-0.1, -0.05) is 36.8 Å². The first kappa shape index (κ1) is 13.3. The monoisotopic (exact) mass is 285 g/mol. The largest absolute Gasteiger partial charge is 0.461 e. The van der Waals surface area contributed by atoms with Gasteiger partial charge in [0.25, 0.3) is 0 Å². The van der Waals surface area contributed by atoms with Crippen molar-refractivity contribution in [1.82, 2.24) is 4.90 Å². The van der Waals surface area contributed by atoms with Crippen LogP contribution in [0.3, 0.4) is 0 Å². The molecule has 4 rings (SSSR count). The Kier molecular flexibility index (Phi) is 3.46. The number of carbonyl (C=O) groups is 1. The second kappa shape index (κ2) is 5.45. The van der Waals surface area contributed by atoms with Crippen LogP contribution in [-0.2, 0) is 16.1 Å². The number of carbonyl (C=O) groups excluding carboxylic acids is 1. The van der Waals surface area contributed by atoms with E-state index in [1.807, 2.05) is 30.3 Å². The molecule has 1 heterocycles. The SMILES string of the molecule is O=C(OCc1ccccc1)C1C2CN(CC3CCC3)CC21. The van der Waals surface area contributed by atoms with Gasteiger partial charge in [0.05, 0.1) is 5.92 Å². The summed E-state index contributed by atoms with van der Waals surface area (Å²) in [6.07, 6.45) is 4.24. The summed E-state index contributed by atoms with van der Waals surface area (Å²) in [5, 5.41) is 0. The minimum absolute atomic E-state index is 0.0251. The molecule has 3 fully saturated rings. The van der Waals surface area contributed by atoms with Crippen LogP contribution in [0.15, 0.2) is 30.3 Å². The van der Waals surface area contributed by atoms with Gasteiger partial charge in [-0.25, -0.2) is 0 Å². The van der Waals surface area contributed by atoms with Crippen molar-refractivity contribution >= 4 is 5.97 Å². The Morgan fingerprint density at radius 2 is 1.86 bits per heavy atom. The molecule has 0 bridgehead atoms. The summed E-state index contributed by atoms with van der Waals surface area (Å²) in [7, 11) is 0. The van der Waals surface area contributed by atoms with Crippen LogP contribution in [0.4, 0.5) is 0 Å². The third kappa shape index (κ3) is 2.71. The van der Waals surface area contributed by atoms with Gasteiger partial charge in [-0.2, -0.15) is 0 Å². The van der Waals surface area contributed by atoms with Crippen LogP contribution in [0.25, 0.3) is 0 Å². The van der Waals surface area contributed by atoms with E-state index in [4.69, 9.17) is 4.74 Å². The molecule has 1 saturated heterocycles. The van der Waals surface area contributed by atoms with E-state index >= 15 is 0 Å². The van der Waals surface area contributed by atoms with Crippen LogP contribution < -0.4 is 0 Å². The number of piperidine rings is 1. The Labute approximate surface area is 126 Å². The van der Waals surface area contributed by atoms with E-state index < -0.39 is 0 Å². The molecule has 0 aromatic heterocycles. The number of fused-ring (bicyclic) bond motifs is 1. The zero-order chi connectivity index (χ0) is 14.2. The van der Waals surface area contributed by atoms with E-state index in [9.17, 15) is 4.79 Å². The van der Waals surface area contributed by atoms with Gasteiger partial charge in [0.2, 0.25) is 0 Å². The lowest BCUT2D eigenvalue weighted by molar-refractivity contribution is -0.147. The fourth-order valence-corrected chi connectivity index (χ4v) is 3.98. The summed E-state index contributed by atoms with van der Waals surface area (Å²) in [4.78, 5) is 14.7. The summed E-state index contributed by atoms with van der Waals surface area (Å²) < 4.78 is 5.48. The highest BCUT2D eigenvalue weighted by Gasteiger charge is 2.60. The number of benzene rings is 1. The van der Waals surface area contributed by atoms with Gasteiger partial charge in [0.1, 0.15) is 6.61 Å². The van der Waals surface area contributed by atoms with Crippen LogP contribution in [-0.4, -0.2) is 30.5 Å². The predicted molar refractivity (Wildman–Crippen MR) is 80.5 cm³/mol. The van der Waals surface area contributed by atoms with Gasteiger partial charge in [-0.05, 0) is 36.2 Å². The zero-order valence-corrected chi connectivity index (χ0v) is 12.4. The first-order valence-electron chi connectivity index (χ1n) is 8.24. The Morgan fingerprint density at radius 1 is 1.14 bits per heavy atom. The first-order chi connectivity index (χ1) is 10.3. The Morgan fingerprint density at radius 3 is 2.48 bits per heavy atom. The topological polar surface area (TPSA) is 29.5 Å². The fraction of sp³-hybridized carbons (Fsp3) is 0.611. The second-order valence-electron chi connectivity index (χ2n) is 6.96. The maximum absolute atomic E-state index is 12.1. The van der Waals surface area contributed by atoms with Crippen molar-refractivity contribution < 1.29 is 9.53 Å². The van der Waals surface area contributed by atoms with Gasteiger partial charge in [0, 0.05) is 19.6 Å². The molecule has 2 unspecified atom stereocenters. The van der Waals surface area contributed by atoms with Crippen molar-refractivity contribution in [2.45, 2.75) is 25.9 Å². The summed E-state index contributed by atoms with van der Waals surface area (Å²) in [5.74, 6) is 2.30. The van der Waals surface area contributed by atoms with Crippen LogP contribution in [0.5, 0.6) is 0 Å². The van der Waals surface area contributed by atoms with E-state index in [1.54, 1.807) is 0 Å². The lowest BCUT2D eigenvalue weighted by Gasteiger charge is -2.31. The number of ether oxygens (including phenoxy) is 1. The van der Waals surface area contributed by atoms with E-state index in [2.05, 4.69) is 4.90 Å². The number of likely N-dealkylation sites (tertiary alicyclic amines) is 1. The molecular formula is C18H23NO2. The van der Waals surface area contributed by atoms with Crippen molar-refractivity contribution in [2.24, 2.45) is 23.7 Å². The highest BCUT2D eigenvalue weighted by atomic mass is 16.5. The lowest BCUT2D eigenvalue weighted by atomic mass is 9.85. The predicted octanol–water partition coefficient (Wildman–Crippen LogP) is 2.71. The lowest BCUT2D eigenvalue weighted by Crippen LogP contribution is -2.33. The van der Waals surface area contributed by atoms with Crippen molar-refractivity contribution in [1.29, 1.82) is 0 Å². The number of hydrogen-bond acceptors (Lipinski definition) is 3. The summed E-state index contributed by atoms with van der Waals surface area (Å²) in [6.45, 7) is 3.92. The van der Waals surface area contributed by atoms with E-state index in [0.29, 0.717) is 18.4 Å². The molecule has 21 heavy (non-hydrogen) atoms. The quantitative estimate of drug-likeness (QED) is 0.779. The molecule has 1 aliphatic heterocycles. The highest BCUT2D eigenvalue weighted by molar-refractivity contribution is 5.77. The van der Waals surface area contributed by atoms with Gasteiger partial charge in [-0.3, -0.25) is 4.79 Å². The molecule has 1 aromatic carbocycles. The second-order valence-corrected chi connectivity index (χ2v) is 6.96. The van der Waals surface area contributed by atoms with Crippen molar-refractivity contribution in [3.8, 4) is 0 Å². The smallest absolute Gasteiger partial charge is 0.309 e. The standard InChI is InChI=1S/C18H23NO2/c20-18(21-12-14-5-2-1-3-6-14)17-15-10-19(11-16(15)17)9-13-7-4-8-13/h1-3,5-6,13,15-17H,4,7-12H2. The molecule has 112 valence electrons. The van der Waals surface area contributed by atoms with E-state index in [-0.39, 0.29) is 11.9 Å². The molecule has 2 saturated carbocycles. The number of hydrogen-bond donors (Lipinski definition) is 0. The Hall–Kier alpha value is -1.35. The third-order valence-electron chi connectivity index (χ3n) is 5.51. The van der Waals surface area contributed by atoms with Crippen LogP contribution in [0, 0.1) is 23.7 Å². The normalized spacial score (nSPS) is 31.5. The number of nitrogens with zero attached hydrogens (tertiary/aromatic N) is 1. The number of rotatable bonds is 5. The summed E-state index contributed by atoms with van der Waals surface area (Å²) in [5.41, 5.74) is 1.07. The minimum Gasteiger partial charge on any atom is -0.461 e. The van der Waals surface area contributed by atoms with Crippen LogP contribution in [0.1, 0.15) is 24.8 Å². The van der Waals surface area contributed by atoms with Gasteiger partial charge < -0.3 is 9.64 Å².